The molecule has 0 amide bonds. The number of rotatable bonds is 9. The van der Waals surface area contributed by atoms with Crippen LogP contribution in [0.15, 0.2) is 87.1 Å². The van der Waals surface area contributed by atoms with Gasteiger partial charge in [0.15, 0.2) is 17.7 Å². The number of nitrogens with zero attached hydrogens (tertiary/aromatic N) is 16. The molecule has 0 unspecified atom stereocenters. The molecule has 486 valence electrons. The van der Waals surface area contributed by atoms with E-state index in [4.69, 9.17) is 61.1 Å². The molecule has 0 atom stereocenters. The summed E-state index contributed by atoms with van der Waals surface area (Å²) in [6, 6.07) is 6.33. The fraction of sp³-hybridized carbons (Fsp3) is 0.427. The largest absolute Gasteiger partial charge is 0.413 e. The van der Waals surface area contributed by atoms with Gasteiger partial charge in [0, 0.05) is 99.6 Å². The Morgan fingerprint density at radius 2 is 1.24 bits per heavy atom. The minimum Gasteiger partial charge on any atom is -0.413 e. The highest BCUT2D eigenvalue weighted by atomic mass is 16.4. The molecule has 7 aromatic heterocycles. The van der Waals surface area contributed by atoms with E-state index >= 15 is 0 Å². The standard InChI is InChI=1S/3C9H12N2.2C9H11N.3C8H10N2.C6H7N3O/c1-5-9-10-8(7(2)3)6-11(9)4;1-5-9-8(7(2)3)6-11(4)10-9;1-5-8-6-9(7(2)3)11(4)10-8;2*1-4-9-5-8(6-10-9)7(2)3;1-4-8-9-5-6-10(8)7(2)3;1-4-8-5-6-10(9-8)7(2)3;1-4-8-7(6(2)3)5-9-10-8;1-4(2)6-9-8-5(3-7)10-6/h3*1,6-7H,2-4H3;1,6-7H,5H2,2-3H3;1,5,7H,6H2,2-3H3;2*1,5-7H,2-3H3;1,5-6H,2-3H3,(H,9,10);4H,1-2H3. The molecule has 0 spiro atoms. The van der Waals surface area contributed by atoms with Crippen LogP contribution in [-0.4, -0.2) is 86.8 Å². The summed E-state index contributed by atoms with van der Waals surface area (Å²) in [6.07, 6.45) is 57.6. The molecule has 18 nitrogen and oxygen atoms in total. The van der Waals surface area contributed by atoms with E-state index in [0.717, 1.165) is 58.3 Å². The van der Waals surface area contributed by atoms with Crippen molar-refractivity contribution in [3.05, 3.63) is 141 Å². The van der Waals surface area contributed by atoms with E-state index in [0.29, 0.717) is 70.8 Å². The third-order valence-electron chi connectivity index (χ3n) is 13.3. The van der Waals surface area contributed by atoms with Crippen LogP contribution in [0.3, 0.4) is 0 Å². The smallest absolute Gasteiger partial charge is 0.321 e. The summed E-state index contributed by atoms with van der Waals surface area (Å²) in [7, 11) is 5.71. The van der Waals surface area contributed by atoms with Crippen LogP contribution in [0.1, 0.15) is 241 Å². The van der Waals surface area contributed by atoms with Gasteiger partial charge in [0.1, 0.15) is 28.5 Å². The number of allylic oxidation sites excluding steroid dienone is 2. The van der Waals surface area contributed by atoms with Gasteiger partial charge < -0.3 is 13.6 Å². The average Bonchev–Trinajstić information content (AvgIpc) is 2.12. The summed E-state index contributed by atoms with van der Waals surface area (Å²) in [5.74, 6) is 25.3. The third kappa shape index (κ3) is 27.9. The fourth-order valence-electron chi connectivity index (χ4n) is 7.71. The molecule has 93 heavy (non-hydrogen) atoms. The molecular formula is C75H95N17O. The monoisotopic (exact) mass is 1250 g/mol. The Morgan fingerprint density at radius 1 is 0.602 bits per heavy atom. The maximum absolute atomic E-state index is 8.29. The van der Waals surface area contributed by atoms with Gasteiger partial charge in [-0.2, -0.15) is 25.7 Å². The van der Waals surface area contributed by atoms with E-state index < -0.39 is 0 Å². The molecule has 9 rings (SSSR count). The van der Waals surface area contributed by atoms with Crippen LogP contribution in [0.4, 0.5) is 0 Å². The second-order valence-corrected chi connectivity index (χ2v) is 23.7. The lowest BCUT2D eigenvalue weighted by Gasteiger charge is -2.06. The summed E-state index contributed by atoms with van der Waals surface area (Å²) in [4.78, 5) is 16.5. The molecule has 0 saturated heterocycles. The highest BCUT2D eigenvalue weighted by Crippen LogP contribution is 2.21. The third-order valence-corrected chi connectivity index (χ3v) is 13.3. The first-order valence-electron chi connectivity index (χ1n) is 30.6. The zero-order valence-corrected chi connectivity index (χ0v) is 58.6. The highest BCUT2D eigenvalue weighted by molar-refractivity contribution is 6.10. The van der Waals surface area contributed by atoms with Crippen molar-refractivity contribution < 1.29 is 4.42 Å². The van der Waals surface area contributed by atoms with Gasteiger partial charge in [-0.25, -0.2) is 9.97 Å². The SMILES string of the molecule is C#CC1=NC=C(C(C)C)C1.C#CC1=NCC(C(C)C)=C1.C#Cc1[nH]ncc1C(C)C.C#Cc1cc(C(C)C)n(C)n1.C#Cc1ccn(C(C)C)n1.C#Cc1nc(C(C)C)cn1C.C#Cc1nccn1C(C)C.C#Cc1nn(C)cc1C(C)C.CC(C)c1nnc(C#N)o1. The molecule has 0 fully saturated rings. The van der Waals surface area contributed by atoms with Crippen molar-refractivity contribution >= 4 is 11.4 Å². The lowest BCUT2D eigenvalue weighted by atomic mass is 10.0. The zero-order chi connectivity index (χ0) is 70.7. The van der Waals surface area contributed by atoms with Crippen LogP contribution in [0.5, 0.6) is 0 Å². The predicted octanol–water partition coefficient (Wildman–Crippen LogP) is 13.7. The van der Waals surface area contributed by atoms with Crippen LogP contribution in [0.25, 0.3) is 0 Å². The Bertz CT molecular complexity index is 3860. The van der Waals surface area contributed by atoms with Crippen molar-refractivity contribution in [1.29, 1.82) is 5.26 Å². The molecule has 1 N–H and O–H groups in total. The molecular weight excluding hydrogens is 1150 g/mol. The maximum Gasteiger partial charge on any atom is 0.321 e. The van der Waals surface area contributed by atoms with Crippen molar-refractivity contribution in [2.24, 2.45) is 43.0 Å². The number of hydrogen-bond acceptors (Lipinski definition) is 12. The van der Waals surface area contributed by atoms with Gasteiger partial charge in [-0.1, -0.05) is 120 Å². The zero-order valence-electron chi connectivity index (χ0n) is 58.6. The number of aryl methyl sites for hydroxylation is 3. The molecule has 9 heterocycles. The van der Waals surface area contributed by atoms with Crippen LogP contribution in [-0.2, 0) is 21.1 Å². The molecule has 0 aliphatic carbocycles. The van der Waals surface area contributed by atoms with Crippen molar-refractivity contribution in [1.82, 2.24) is 68.8 Å². The summed E-state index contributed by atoms with van der Waals surface area (Å²) in [6.45, 7) is 38.4. The number of nitriles is 1. The first-order chi connectivity index (χ1) is 43.9. The number of aliphatic imine (C=N–C) groups is 2. The Morgan fingerprint density at radius 3 is 1.56 bits per heavy atom. The van der Waals surface area contributed by atoms with Gasteiger partial charge >= 0.3 is 5.89 Å². The van der Waals surface area contributed by atoms with Crippen molar-refractivity contribution in [2.45, 2.75) is 173 Å². The molecule has 2 aliphatic rings. The van der Waals surface area contributed by atoms with Gasteiger partial charge in [-0.05, 0) is 122 Å². The molecule has 18 heteroatoms. The number of nitrogens with one attached hydrogen (secondary N) is 1. The number of aromatic nitrogens is 14. The number of H-pyrrole nitrogens is 1. The Labute approximate surface area is 555 Å². The molecule has 0 saturated carbocycles. The van der Waals surface area contributed by atoms with Crippen LogP contribution in [0, 0.1) is 122 Å². The Balaban J connectivity index is 0.000000523. The number of aromatic amines is 1. The van der Waals surface area contributed by atoms with Crippen molar-refractivity contribution in [3.8, 4) is 105 Å². The quantitative estimate of drug-likeness (QED) is 0.135. The van der Waals surface area contributed by atoms with Gasteiger partial charge in [0.05, 0.1) is 24.1 Å². The molecule has 0 bridgehead atoms. The van der Waals surface area contributed by atoms with Crippen LogP contribution < -0.4 is 0 Å². The minimum atomic E-state index is 0.0312. The normalized spacial score (nSPS) is 11.4. The average molecular weight is 1250 g/mol. The maximum atomic E-state index is 8.29. The molecule has 7 aromatic rings. The van der Waals surface area contributed by atoms with Gasteiger partial charge in [0.2, 0.25) is 5.89 Å². The molecule has 0 radical (unpaired) electrons. The van der Waals surface area contributed by atoms with Crippen LogP contribution >= 0.6 is 0 Å². The fourth-order valence-corrected chi connectivity index (χ4v) is 7.71. The van der Waals surface area contributed by atoms with Crippen molar-refractivity contribution in [2.75, 3.05) is 6.54 Å². The molecule has 2 aliphatic heterocycles. The van der Waals surface area contributed by atoms with E-state index in [9.17, 15) is 0 Å². The van der Waals surface area contributed by atoms with E-state index in [2.05, 4.69) is 214 Å². The van der Waals surface area contributed by atoms with E-state index in [-0.39, 0.29) is 11.8 Å². The Hall–Kier alpha value is -10.8. The predicted molar refractivity (Wildman–Crippen MR) is 378 cm³/mol. The topological polar surface area (TPSA) is 205 Å². The minimum absolute atomic E-state index is 0.0312. The number of terminal acetylenes is 8. The first-order valence-corrected chi connectivity index (χ1v) is 30.6. The molecule has 0 aromatic carbocycles. The van der Waals surface area contributed by atoms with E-state index in [1.165, 1.54) is 16.8 Å². The van der Waals surface area contributed by atoms with E-state index in [1.54, 1.807) is 23.1 Å². The summed E-state index contributed by atoms with van der Waals surface area (Å²) >= 11 is 0. The number of hydrogen-bond donors (Lipinski definition) is 1. The van der Waals surface area contributed by atoms with Gasteiger partial charge in [0.25, 0.3) is 0 Å². The van der Waals surface area contributed by atoms with Crippen LogP contribution in [0.2, 0.25) is 0 Å². The van der Waals surface area contributed by atoms with Crippen molar-refractivity contribution in [3.63, 3.8) is 0 Å². The second kappa shape index (κ2) is 41.5. The Kier molecular flexibility index (Phi) is 35.8. The lowest BCUT2D eigenvalue weighted by molar-refractivity contribution is 0.460. The lowest BCUT2D eigenvalue weighted by Crippen LogP contribution is -2.01. The second-order valence-electron chi connectivity index (χ2n) is 23.7. The first kappa shape index (κ1) is 80.2. The summed E-state index contributed by atoms with van der Waals surface area (Å²) < 4.78 is 14.2. The summed E-state index contributed by atoms with van der Waals surface area (Å²) in [5, 5.41) is 34.4. The highest BCUT2D eigenvalue weighted by Gasteiger charge is 2.13. The van der Waals surface area contributed by atoms with Gasteiger partial charge in [-0.15, -0.1) is 56.5 Å². The number of imidazole rings is 2. The van der Waals surface area contributed by atoms with Gasteiger partial charge in [-0.3, -0.25) is 29.1 Å². The van der Waals surface area contributed by atoms with E-state index in [1.807, 2.05) is 103 Å². The summed E-state index contributed by atoms with van der Waals surface area (Å²) in [5.41, 5.74) is 11.8.